The molecular weight excluding hydrogens is 338 g/mol. The molecule has 26 heavy (non-hydrogen) atoms. The number of hydrogen-bond acceptors (Lipinski definition) is 4. The van der Waals surface area contributed by atoms with Gasteiger partial charge in [-0.15, -0.1) is 0 Å². The zero-order chi connectivity index (χ0) is 18.4. The number of halogens is 2. The molecule has 0 bridgehead atoms. The maximum absolute atomic E-state index is 13.8. The van der Waals surface area contributed by atoms with Crippen molar-refractivity contribution in [1.82, 2.24) is 20.6 Å². The molecule has 1 fully saturated rings. The van der Waals surface area contributed by atoms with Crippen molar-refractivity contribution in [3.05, 3.63) is 47.2 Å². The van der Waals surface area contributed by atoms with Gasteiger partial charge in [-0.05, 0) is 44.0 Å². The largest absolute Gasteiger partial charge is 0.473 e. The lowest BCUT2D eigenvalue weighted by Crippen LogP contribution is -2.27. The Morgan fingerprint density at radius 1 is 1.19 bits per heavy atom. The second-order valence-corrected chi connectivity index (χ2v) is 6.79. The van der Waals surface area contributed by atoms with E-state index in [1.807, 2.05) is 10.7 Å². The SMILES string of the molecule is CNNCc1cc(OCc2cc(F)ccc2F)n(CC2CCCCC2)n1. The van der Waals surface area contributed by atoms with Crippen molar-refractivity contribution in [2.45, 2.75) is 51.8 Å². The highest BCUT2D eigenvalue weighted by Crippen LogP contribution is 2.27. The molecule has 7 heteroatoms. The molecule has 0 saturated heterocycles. The number of hydrazine groups is 1. The number of hydrogen-bond donors (Lipinski definition) is 2. The van der Waals surface area contributed by atoms with E-state index in [2.05, 4.69) is 16.0 Å². The molecule has 2 N–H and O–H groups in total. The van der Waals surface area contributed by atoms with Gasteiger partial charge in [-0.25, -0.2) is 13.5 Å². The maximum atomic E-state index is 13.8. The molecule has 1 aromatic carbocycles. The van der Waals surface area contributed by atoms with Crippen LogP contribution in [0.5, 0.6) is 5.88 Å². The van der Waals surface area contributed by atoms with Crippen LogP contribution >= 0.6 is 0 Å². The molecule has 5 nitrogen and oxygen atoms in total. The molecular formula is C19H26F2N4O. The fraction of sp³-hybridized carbons (Fsp3) is 0.526. The second-order valence-electron chi connectivity index (χ2n) is 6.79. The lowest BCUT2D eigenvalue weighted by Gasteiger charge is -2.22. The first-order valence-electron chi connectivity index (χ1n) is 9.18. The minimum absolute atomic E-state index is 0.0289. The number of aromatic nitrogens is 2. The summed E-state index contributed by atoms with van der Waals surface area (Å²) in [5.74, 6) is 0.232. The number of nitrogens with one attached hydrogen (secondary N) is 2. The molecule has 0 amide bonds. The fourth-order valence-electron chi connectivity index (χ4n) is 3.38. The van der Waals surface area contributed by atoms with Crippen molar-refractivity contribution in [1.29, 1.82) is 0 Å². The number of benzene rings is 1. The second kappa shape index (κ2) is 9.09. The van der Waals surface area contributed by atoms with Crippen LogP contribution in [-0.2, 0) is 19.7 Å². The van der Waals surface area contributed by atoms with E-state index in [9.17, 15) is 8.78 Å². The quantitative estimate of drug-likeness (QED) is 0.704. The van der Waals surface area contributed by atoms with Crippen molar-refractivity contribution >= 4 is 0 Å². The Labute approximate surface area is 152 Å². The normalized spacial score (nSPS) is 15.3. The first-order chi connectivity index (χ1) is 12.7. The van der Waals surface area contributed by atoms with Crippen LogP contribution in [0.3, 0.4) is 0 Å². The van der Waals surface area contributed by atoms with Crippen molar-refractivity contribution in [2.24, 2.45) is 5.92 Å². The molecule has 0 aliphatic heterocycles. The third-order valence-corrected chi connectivity index (χ3v) is 4.78. The Morgan fingerprint density at radius 2 is 2.00 bits per heavy atom. The van der Waals surface area contributed by atoms with Gasteiger partial charge in [0.15, 0.2) is 0 Å². The van der Waals surface area contributed by atoms with E-state index >= 15 is 0 Å². The molecule has 1 aliphatic rings. The first kappa shape index (κ1) is 18.8. The van der Waals surface area contributed by atoms with E-state index in [4.69, 9.17) is 4.74 Å². The molecule has 1 saturated carbocycles. The third-order valence-electron chi connectivity index (χ3n) is 4.78. The Morgan fingerprint density at radius 3 is 2.77 bits per heavy atom. The van der Waals surface area contributed by atoms with Crippen LogP contribution in [-0.4, -0.2) is 16.8 Å². The molecule has 0 unspecified atom stereocenters. The molecule has 0 radical (unpaired) electrons. The zero-order valence-electron chi connectivity index (χ0n) is 15.1. The summed E-state index contributed by atoms with van der Waals surface area (Å²) in [4.78, 5) is 0. The molecule has 142 valence electrons. The average Bonchev–Trinajstić information content (AvgIpc) is 3.03. The third kappa shape index (κ3) is 5.02. The van der Waals surface area contributed by atoms with Crippen LogP contribution in [0.4, 0.5) is 8.78 Å². The van der Waals surface area contributed by atoms with Gasteiger partial charge in [0, 0.05) is 18.2 Å². The summed E-state index contributed by atoms with van der Waals surface area (Å²) < 4.78 is 34.8. The van der Waals surface area contributed by atoms with Gasteiger partial charge in [-0.1, -0.05) is 19.3 Å². The lowest BCUT2D eigenvalue weighted by atomic mass is 9.89. The Hall–Kier alpha value is -1.99. The van der Waals surface area contributed by atoms with Crippen molar-refractivity contribution < 1.29 is 13.5 Å². The summed E-state index contributed by atoms with van der Waals surface area (Å²) >= 11 is 0. The van der Waals surface area contributed by atoms with Crippen LogP contribution in [0, 0.1) is 17.6 Å². The highest BCUT2D eigenvalue weighted by atomic mass is 19.1. The van der Waals surface area contributed by atoms with E-state index in [1.165, 1.54) is 38.2 Å². The number of rotatable bonds is 8. The first-order valence-corrected chi connectivity index (χ1v) is 9.18. The summed E-state index contributed by atoms with van der Waals surface area (Å²) in [6.45, 7) is 1.32. The highest BCUT2D eigenvalue weighted by molar-refractivity contribution is 5.20. The topological polar surface area (TPSA) is 51.1 Å². The zero-order valence-corrected chi connectivity index (χ0v) is 15.1. The average molecular weight is 364 g/mol. The summed E-state index contributed by atoms with van der Waals surface area (Å²) in [7, 11) is 1.79. The lowest BCUT2D eigenvalue weighted by molar-refractivity contribution is 0.242. The molecule has 3 rings (SSSR count). The molecule has 1 aliphatic carbocycles. The highest BCUT2D eigenvalue weighted by Gasteiger charge is 2.18. The number of ether oxygens (including phenoxy) is 1. The van der Waals surface area contributed by atoms with Crippen LogP contribution in [0.15, 0.2) is 24.3 Å². The molecule has 1 heterocycles. The van der Waals surface area contributed by atoms with Crippen LogP contribution < -0.4 is 15.6 Å². The van der Waals surface area contributed by atoms with Crippen LogP contribution in [0.2, 0.25) is 0 Å². The van der Waals surface area contributed by atoms with Crippen LogP contribution in [0.25, 0.3) is 0 Å². The Kier molecular flexibility index (Phi) is 6.57. The van der Waals surface area contributed by atoms with Gasteiger partial charge < -0.3 is 4.74 Å². The summed E-state index contributed by atoms with van der Waals surface area (Å²) in [5.41, 5.74) is 6.91. The van der Waals surface area contributed by atoms with E-state index in [0.29, 0.717) is 18.3 Å². The van der Waals surface area contributed by atoms with Gasteiger partial charge in [-0.3, -0.25) is 10.9 Å². The monoisotopic (exact) mass is 364 g/mol. The predicted molar refractivity (Wildman–Crippen MR) is 95.4 cm³/mol. The van der Waals surface area contributed by atoms with Gasteiger partial charge in [0.05, 0.1) is 12.2 Å². The van der Waals surface area contributed by atoms with Crippen molar-refractivity contribution in [3.63, 3.8) is 0 Å². The number of nitrogens with zero attached hydrogens (tertiary/aromatic N) is 2. The van der Waals surface area contributed by atoms with Gasteiger partial charge in [0.2, 0.25) is 5.88 Å². The van der Waals surface area contributed by atoms with E-state index < -0.39 is 11.6 Å². The molecule has 1 aromatic heterocycles. The summed E-state index contributed by atoms with van der Waals surface area (Å²) in [6, 6.07) is 5.24. The van der Waals surface area contributed by atoms with E-state index in [1.54, 1.807) is 7.05 Å². The predicted octanol–water partition coefficient (Wildman–Crippen LogP) is 3.54. The van der Waals surface area contributed by atoms with Gasteiger partial charge in [0.1, 0.15) is 18.2 Å². The fourth-order valence-corrected chi connectivity index (χ4v) is 3.38. The van der Waals surface area contributed by atoms with Gasteiger partial charge in [-0.2, -0.15) is 5.10 Å². The van der Waals surface area contributed by atoms with Gasteiger partial charge in [0.25, 0.3) is 0 Å². The van der Waals surface area contributed by atoms with Gasteiger partial charge >= 0.3 is 0 Å². The van der Waals surface area contributed by atoms with Crippen molar-refractivity contribution in [3.8, 4) is 5.88 Å². The standard InChI is InChI=1S/C19H26F2N4O/c1-22-23-11-17-10-19(25(24-17)12-14-5-3-2-4-6-14)26-13-15-9-16(20)7-8-18(15)21/h7-10,14,22-23H,2-6,11-13H2,1H3. The Balaban J connectivity index is 1.72. The molecule has 2 aromatic rings. The Bertz CT molecular complexity index is 714. The summed E-state index contributed by atoms with van der Waals surface area (Å²) in [5, 5.41) is 4.62. The molecule has 0 spiro atoms. The summed E-state index contributed by atoms with van der Waals surface area (Å²) in [6.07, 6.45) is 6.20. The molecule has 0 atom stereocenters. The van der Waals surface area contributed by atoms with E-state index in [-0.39, 0.29) is 12.2 Å². The van der Waals surface area contributed by atoms with E-state index in [0.717, 1.165) is 24.4 Å². The smallest absolute Gasteiger partial charge is 0.212 e. The minimum atomic E-state index is -0.473. The minimum Gasteiger partial charge on any atom is -0.473 e. The maximum Gasteiger partial charge on any atom is 0.212 e. The van der Waals surface area contributed by atoms with Crippen molar-refractivity contribution in [2.75, 3.05) is 7.05 Å². The van der Waals surface area contributed by atoms with Crippen LogP contribution in [0.1, 0.15) is 43.4 Å².